The van der Waals surface area contributed by atoms with E-state index in [1.807, 2.05) is 30.3 Å². The van der Waals surface area contributed by atoms with Crippen molar-refractivity contribution in [2.45, 2.75) is 11.4 Å². The van der Waals surface area contributed by atoms with Crippen LogP contribution in [0.15, 0.2) is 83.8 Å². The van der Waals surface area contributed by atoms with Gasteiger partial charge in [-0.1, -0.05) is 41.9 Å². The first-order chi connectivity index (χ1) is 14.4. The number of ether oxygens (including phenoxy) is 1. The molecule has 0 saturated carbocycles. The van der Waals surface area contributed by atoms with Crippen molar-refractivity contribution in [1.29, 1.82) is 0 Å². The molecule has 0 fully saturated rings. The fourth-order valence-electron chi connectivity index (χ4n) is 2.78. The fraction of sp³-hybridized carbons (Fsp3) is 0.136. The number of nitrogens with zero attached hydrogens (tertiary/aromatic N) is 1. The van der Waals surface area contributed by atoms with Crippen LogP contribution in [0.3, 0.4) is 0 Å². The summed E-state index contributed by atoms with van der Waals surface area (Å²) < 4.78 is 32.8. The molecule has 0 aliphatic rings. The van der Waals surface area contributed by atoms with Gasteiger partial charge in [0.05, 0.1) is 17.7 Å². The summed E-state index contributed by atoms with van der Waals surface area (Å²) in [5.41, 5.74) is 1.26. The van der Waals surface area contributed by atoms with Gasteiger partial charge in [0.2, 0.25) is 5.91 Å². The summed E-state index contributed by atoms with van der Waals surface area (Å²) in [6.07, 6.45) is 0. The van der Waals surface area contributed by atoms with Crippen LogP contribution in [0.1, 0.15) is 5.56 Å². The Morgan fingerprint density at radius 3 is 2.20 bits per heavy atom. The number of rotatable bonds is 8. The largest absolute Gasteiger partial charge is 0.497 e. The Bertz CT molecular complexity index is 1090. The molecular formula is C22H21ClN2O4S. The Hall–Kier alpha value is -3.03. The second-order valence-corrected chi connectivity index (χ2v) is 8.72. The number of nitrogens with one attached hydrogen (secondary N) is 1. The molecule has 0 atom stereocenters. The highest BCUT2D eigenvalue weighted by Gasteiger charge is 2.27. The summed E-state index contributed by atoms with van der Waals surface area (Å²) in [6, 6.07) is 21.7. The van der Waals surface area contributed by atoms with Gasteiger partial charge in [0, 0.05) is 11.6 Å². The third-order valence-corrected chi connectivity index (χ3v) is 6.42. The van der Waals surface area contributed by atoms with Gasteiger partial charge in [0.25, 0.3) is 10.0 Å². The number of hydrogen-bond donors (Lipinski definition) is 1. The molecule has 3 aromatic rings. The Kier molecular flexibility index (Phi) is 6.97. The Morgan fingerprint density at radius 1 is 0.967 bits per heavy atom. The van der Waals surface area contributed by atoms with Crippen molar-refractivity contribution in [3.05, 3.63) is 89.4 Å². The first kappa shape index (κ1) is 21.7. The molecule has 0 aliphatic heterocycles. The zero-order valence-corrected chi connectivity index (χ0v) is 17.9. The van der Waals surface area contributed by atoms with Crippen LogP contribution >= 0.6 is 11.6 Å². The van der Waals surface area contributed by atoms with Gasteiger partial charge in [-0.2, -0.15) is 0 Å². The van der Waals surface area contributed by atoms with Crippen LogP contribution in [0.4, 0.5) is 5.69 Å². The third-order valence-electron chi connectivity index (χ3n) is 4.38. The predicted octanol–water partition coefficient (Wildman–Crippen LogP) is 3.86. The van der Waals surface area contributed by atoms with Crippen molar-refractivity contribution >= 4 is 33.2 Å². The van der Waals surface area contributed by atoms with E-state index in [1.54, 1.807) is 36.4 Å². The van der Waals surface area contributed by atoms with Crippen molar-refractivity contribution in [3.63, 3.8) is 0 Å². The van der Waals surface area contributed by atoms with E-state index in [2.05, 4.69) is 5.32 Å². The van der Waals surface area contributed by atoms with Crippen molar-refractivity contribution in [3.8, 4) is 5.75 Å². The standard InChI is InChI=1S/C22H21ClN2O4S/c1-29-20-11-13-21(14-12-20)30(27,28)25(19-9-7-18(23)8-10-19)16-22(26)24-15-17-5-3-2-4-6-17/h2-14H,15-16H2,1H3,(H,24,26). The molecule has 0 aliphatic carbocycles. The summed E-state index contributed by atoms with van der Waals surface area (Å²) in [6.45, 7) is -0.0699. The lowest BCUT2D eigenvalue weighted by Gasteiger charge is -2.24. The second-order valence-electron chi connectivity index (χ2n) is 6.43. The van der Waals surface area contributed by atoms with Gasteiger partial charge in [-0.15, -0.1) is 0 Å². The Balaban J connectivity index is 1.86. The van der Waals surface area contributed by atoms with Crippen molar-refractivity contribution in [2.24, 2.45) is 0 Å². The zero-order chi connectivity index (χ0) is 21.6. The third kappa shape index (κ3) is 5.31. The molecule has 30 heavy (non-hydrogen) atoms. The van der Waals surface area contributed by atoms with E-state index in [-0.39, 0.29) is 11.4 Å². The first-order valence-electron chi connectivity index (χ1n) is 9.13. The molecule has 3 aromatic carbocycles. The molecule has 0 heterocycles. The number of anilines is 1. The van der Waals surface area contributed by atoms with Crippen LogP contribution in [-0.4, -0.2) is 28.0 Å². The fourth-order valence-corrected chi connectivity index (χ4v) is 4.33. The zero-order valence-electron chi connectivity index (χ0n) is 16.3. The molecular weight excluding hydrogens is 424 g/mol. The predicted molar refractivity (Wildman–Crippen MR) is 117 cm³/mol. The highest BCUT2D eigenvalue weighted by atomic mass is 35.5. The molecule has 1 N–H and O–H groups in total. The average Bonchev–Trinajstić information content (AvgIpc) is 2.77. The minimum atomic E-state index is -4.00. The van der Waals surface area contributed by atoms with Gasteiger partial charge >= 0.3 is 0 Å². The molecule has 0 bridgehead atoms. The monoisotopic (exact) mass is 444 g/mol. The molecule has 0 unspecified atom stereocenters. The van der Waals surface area contributed by atoms with Crippen molar-refractivity contribution in [2.75, 3.05) is 18.0 Å². The van der Waals surface area contributed by atoms with E-state index in [0.717, 1.165) is 9.87 Å². The second kappa shape index (κ2) is 9.65. The number of benzene rings is 3. The Morgan fingerprint density at radius 2 is 1.60 bits per heavy atom. The summed E-state index contributed by atoms with van der Waals surface area (Å²) in [4.78, 5) is 12.6. The molecule has 1 amide bonds. The molecule has 0 spiro atoms. The normalized spacial score (nSPS) is 11.0. The van der Waals surface area contributed by atoms with Crippen LogP contribution in [-0.2, 0) is 21.4 Å². The number of halogens is 1. The summed E-state index contributed by atoms with van der Waals surface area (Å²) in [5.74, 6) is 0.110. The van der Waals surface area contributed by atoms with E-state index in [9.17, 15) is 13.2 Å². The highest BCUT2D eigenvalue weighted by molar-refractivity contribution is 7.92. The van der Waals surface area contributed by atoms with E-state index < -0.39 is 15.9 Å². The van der Waals surface area contributed by atoms with E-state index in [1.165, 1.54) is 19.2 Å². The van der Waals surface area contributed by atoms with Crippen LogP contribution in [0.25, 0.3) is 0 Å². The number of carbonyl (C=O) groups excluding carboxylic acids is 1. The summed E-state index contributed by atoms with van der Waals surface area (Å²) in [7, 11) is -2.50. The quantitative estimate of drug-likeness (QED) is 0.572. The molecule has 0 aromatic heterocycles. The highest BCUT2D eigenvalue weighted by Crippen LogP contribution is 2.26. The van der Waals surface area contributed by atoms with Gasteiger partial charge in [-0.05, 0) is 54.1 Å². The Labute approximate surface area is 181 Å². The van der Waals surface area contributed by atoms with E-state index >= 15 is 0 Å². The summed E-state index contributed by atoms with van der Waals surface area (Å²) in [5, 5.41) is 3.23. The molecule has 3 rings (SSSR count). The topological polar surface area (TPSA) is 75.7 Å². The summed E-state index contributed by atoms with van der Waals surface area (Å²) >= 11 is 5.94. The minimum absolute atomic E-state index is 0.0501. The van der Waals surface area contributed by atoms with Crippen LogP contribution < -0.4 is 14.4 Å². The van der Waals surface area contributed by atoms with Crippen LogP contribution in [0.2, 0.25) is 5.02 Å². The maximum absolute atomic E-state index is 13.3. The number of carbonyl (C=O) groups is 1. The lowest BCUT2D eigenvalue weighted by Crippen LogP contribution is -2.40. The van der Waals surface area contributed by atoms with Gasteiger partial charge < -0.3 is 10.1 Å². The molecule has 156 valence electrons. The number of methoxy groups -OCH3 is 1. The van der Waals surface area contributed by atoms with Crippen molar-refractivity contribution in [1.82, 2.24) is 5.32 Å². The van der Waals surface area contributed by atoms with Crippen LogP contribution in [0.5, 0.6) is 5.75 Å². The minimum Gasteiger partial charge on any atom is -0.497 e. The maximum atomic E-state index is 13.3. The number of amides is 1. The molecule has 0 saturated heterocycles. The molecule has 6 nitrogen and oxygen atoms in total. The van der Waals surface area contributed by atoms with E-state index in [4.69, 9.17) is 16.3 Å². The first-order valence-corrected chi connectivity index (χ1v) is 10.9. The average molecular weight is 445 g/mol. The lowest BCUT2D eigenvalue weighted by molar-refractivity contribution is -0.119. The van der Waals surface area contributed by atoms with Crippen LogP contribution in [0, 0.1) is 0 Å². The number of hydrogen-bond acceptors (Lipinski definition) is 4. The molecule has 0 radical (unpaired) electrons. The van der Waals surface area contributed by atoms with Gasteiger partial charge in [-0.3, -0.25) is 9.10 Å². The van der Waals surface area contributed by atoms with E-state index in [0.29, 0.717) is 23.0 Å². The number of sulfonamides is 1. The lowest BCUT2D eigenvalue weighted by atomic mass is 10.2. The SMILES string of the molecule is COc1ccc(S(=O)(=O)N(CC(=O)NCc2ccccc2)c2ccc(Cl)cc2)cc1. The van der Waals surface area contributed by atoms with Gasteiger partial charge in [-0.25, -0.2) is 8.42 Å². The van der Waals surface area contributed by atoms with Gasteiger partial charge in [0.1, 0.15) is 12.3 Å². The van der Waals surface area contributed by atoms with Gasteiger partial charge in [0.15, 0.2) is 0 Å². The maximum Gasteiger partial charge on any atom is 0.264 e. The smallest absolute Gasteiger partial charge is 0.264 e. The molecule has 8 heteroatoms. The van der Waals surface area contributed by atoms with Crippen molar-refractivity contribution < 1.29 is 17.9 Å².